The van der Waals surface area contributed by atoms with E-state index >= 15 is 0 Å². The van der Waals surface area contributed by atoms with Crippen LogP contribution in [0.2, 0.25) is 0 Å². The van der Waals surface area contributed by atoms with Gasteiger partial charge in [0.25, 0.3) is 0 Å². The molecule has 0 saturated heterocycles. The average Bonchev–Trinajstić information content (AvgIpc) is 2.54. The quantitative estimate of drug-likeness (QED) is 0.616. The molecule has 0 aliphatic heterocycles. The Morgan fingerprint density at radius 3 is 2.33 bits per heavy atom. The van der Waals surface area contributed by atoms with Gasteiger partial charge in [0.15, 0.2) is 0 Å². The zero-order valence-corrected chi connectivity index (χ0v) is 11.9. The molecule has 3 aliphatic carbocycles. The first-order valence-corrected chi connectivity index (χ1v) is 7.24. The first kappa shape index (κ1) is 12.9. The molecule has 3 heteroatoms. The number of rotatable bonds is 0. The first-order valence-electron chi connectivity index (χ1n) is 7.24. The molecule has 6 atom stereocenters. The molecule has 2 bridgehead atoms. The van der Waals surface area contributed by atoms with E-state index in [0.29, 0.717) is 12.3 Å². The molecule has 0 radical (unpaired) electrons. The van der Waals surface area contributed by atoms with E-state index < -0.39 is 22.7 Å². The van der Waals surface area contributed by atoms with E-state index in [1.165, 1.54) is 0 Å². The van der Waals surface area contributed by atoms with Crippen LogP contribution in [0.1, 0.15) is 53.4 Å². The van der Waals surface area contributed by atoms with Gasteiger partial charge < -0.3 is 15.3 Å². The minimum absolute atomic E-state index is 0.0637. The summed E-state index contributed by atoms with van der Waals surface area (Å²) in [6.45, 7) is 8.03. The Bertz CT molecular complexity index is 389. The predicted octanol–water partition coefficient (Wildman–Crippen LogP) is 1.70. The molecule has 3 nitrogen and oxygen atoms in total. The standard InChI is InChI=1S/C15H26O3/c1-9-7-11(16)14-8-10(5-6-15(9,14)18)12(2,3)13(14,4)17/h9-11,16-18H,5-8H2,1-4H3/t9-,10?,11+,13-,14-,15-/m0/s1. The predicted molar refractivity (Wildman–Crippen MR) is 68.9 cm³/mol. The summed E-state index contributed by atoms with van der Waals surface area (Å²) >= 11 is 0. The van der Waals surface area contributed by atoms with Crippen molar-refractivity contribution >= 4 is 0 Å². The molecule has 0 amide bonds. The second-order valence-electron chi connectivity index (χ2n) is 7.78. The highest BCUT2D eigenvalue weighted by Gasteiger charge is 2.79. The summed E-state index contributed by atoms with van der Waals surface area (Å²) in [6.07, 6.45) is 2.45. The van der Waals surface area contributed by atoms with Crippen molar-refractivity contribution in [1.82, 2.24) is 0 Å². The Morgan fingerprint density at radius 2 is 1.72 bits per heavy atom. The van der Waals surface area contributed by atoms with Crippen LogP contribution in [-0.2, 0) is 0 Å². The van der Waals surface area contributed by atoms with Crippen molar-refractivity contribution in [3.05, 3.63) is 0 Å². The molecule has 1 spiro atoms. The lowest BCUT2D eigenvalue weighted by atomic mass is 9.58. The smallest absolute Gasteiger partial charge is 0.0782 e. The van der Waals surface area contributed by atoms with Crippen LogP contribution in [0.4, 0.5) is 0 Å². The normalized spacial score (nSPS) is 61.8. The van der Waals surface area contributed by atoms with Gasteiger partial charge in [0, 0.05) is 0 Å². The summed E-state index contributed by atoms with van der Waals surface area (Å²) in [4.78, 5) is 0. The third-order valence-corrected chi connectivity index (χ3v) is 7.32. The number of hydrogen-bond donors (Lipinski definition) is 3. The summed E-state index contributed by atoms with van der Waals surface area (Å²) in [6, 6.07) is 0. The molecule has 3 saturated carbocycles. The van der Waals surface area contributed by atoms with Gasteiger partial charge in [-0.05, 0) is 49.9 Å². The van der Waals surface area contributed by atoms with Crippen molar-refractivity contribution in [3.8, 4) is 0 Å². The van der Waals surface area contributed by atoms with Gasteiger partial charge in [0.05, 0.1) is 22.7 Å². The summed E-state index contributed by atoms with van der Waals surface area (Å²) < 4.78 is 0. The molecule has 0 aromatic heterocycles. The van der Waals surface area contributed by atoms with Crippen LogP contribution >= 0.6 is 0 Å². The fraction of sp³-hybridized carbons (Fsp3) is 1.00. The molecule has 3 aliphatic rings. The summed E-state index contributed by atoms with van der Waals surface area (Å²) in [5.41, 5.74) is -2.89. The van der Waals surface area contributed by atoms with Gasteiger partial charge in [-0.3, -0.25) is 0 Å². The maximum absolute atomic E-state index is 11.2. The van der Waals surface area contributed by atoms with Crippen molar-refractivity contribution in [1.29, 1.82) is 0 Å². The zero-order valence-electron chi connectivity index (χ0n) is 11.9. The molecule has 104 valence electrons. The van der Waals surface area contributed by atoms with E-state index in [9.17, 15) is 15.3 Å². The van der Waals surface area contributed by atoms with Crippen molar-refractivity contribution in [2.45, 2.75) is 70.7 Å². The van der Waals surface area contributed by atoms with Crippen LogP contribution in [0.3, 0.4) is 0 Å². The van der Waals surface area contributed by atoms with Gasteiger partial charge in [-0.2, -0.15) is 0 Å². The summed E-state index contributed by atoms with van der Waals surface area (Å²) in [7, 11) is 0. The minimum atomic E-state index is -1.01. The van der Waals surface area contributed by atoms with Gasteiger partial charge in [0.2, 0.25) is 0 Å². The second-order valence-corrected chi connectivity index (χ2v) is 7.78. The van der Waals surface area contributed by atoms with Crippen LogP contribution < -0.4 is 0 Å². The van der Waals surface area contributed by atoms with Crippen LogP contribution in [0.5, 0.6) is 0 Å². The van der Waals surface area contributed by atoms with Crippen molar-refractivity contribution in [2.24, 2.45) is 22.7 Å². The third kappa shape index (κ3) is 0.981. The molecular weight excluding hydrogens is 228 g/mol. The minimum Gasteiger partial charge on any atom is -0.392 e. The Kier molecular flexibility index (Phi) is 2.24. The van der Waals surface area contributed by atoms with Gasteiger partial charge in [-0.25, -0.2) is 0 Å². The highest BCUT2D eigenvalue weighted by molar-refractivity contribution is 5.28. The number of aliphatic hydroxyl groups is 3. The Balaban J connectivity index is 2.23. The van der Waals surface area contributed by atoms with Gasteiger partial charge in [-0.1, -0.05) is 20.8 Å². The van der Waals surface area contributed by atoms with Gasteiger partial charge in [-0.15, -0.1) is 0 Å². The number of hydrogen-bond acceptors (Lipinski definition) is 3. The summed E-state index contributed by atoms with van der Waals surface area (Å²) in [5.74, 6) is 0.460. The lowest BCUT2D eigenvalue weighted by molar-refractivity contribution is -0.221. The molecule has 1 unspecified atom stereocenters. The average molecular weight is 254 g/mol. The molecule has 0 aromatic rings. The van der Waals surface area contributed by atoms with E-state index in [4.69, 9.17) is 0 Å². The first-order chi connectivity index (χ1) is 8.11. The van der Waals surface area contributed by atoms with Gasteiger partial charge >= 0.3 is 0 Å². The molecule has 0 aromatic carbocycles. The lowest BCUT2D eigenvalue weighted by Gasteiger charge is -2.53. The molecule has 3 N–H and O–H groups in total. The zero-order chi connectivity index (χ0) is 13.6. The van der Waals surface area contributed by atoms with Crippen molar-refractivity contribution in [2.75, 3.05) is 0 Å². The van der Waals surface area contributed by atoms with Crippen molar-refractivity contribution < 1.29 is 15.3 Å². The molecule has 0 heterocycles. The maximum atomic E-state index is 11.2. The molecule has 3 rings (SSSR count). The Morgan fingerprint density at radius 1 is 1.11 bits per heavy atom. The van der Waals surface area contributed by atoms with E-state index in [0.717, 1.165) is 19.3 Å². The number of aliphatic hydroxyl groups excluding tert-OH is 1. The van der Waals surface area contributed by atoms with Crippen LogP contribution in [-0.4, -0.2) is 32.6 Å². The highest BCUT2D eigenvalue weighted by atomic mass is 16.3. The van der Waals surface area contributed by atoms with Crippen LogP contribution in [0.15, 0.2) is 0 Å². The molecular formula is C15H26O3. The Labute approximate surface area is 109 Å². The van der Waals surface area contributed by atoms with E-state index in [1.54, 1.807) is 0 Å². The largest absolute Gasteiger partial charge is 0.392 e. The van der Waals surface area contributed by atoms with Crippen LogP contribution in [0, 0.1) is 22.7 Å². The third-order valence-electron chi connectivity index (χ3n) is 7.32. The monoisotopic (exact) mass is 254 g/mol. The highest BCUT2D eigenvalue weighted by Crippen LogP contribution is 2.74. The van der Waals surface area contributed by atoms with Crippen LogP contribution in [0.25, 0.3) is 0 Å². The van der Waals surface area contributed by atoms with E-state index in [1.807, 2.05) is 13.8 Å². The maximum Gasteiger partial charge on any atom is 0.0782 e. The summed E-state index contributed by atoms with van der Waals surface area (Å²) in [5, 5.41) is 32.9. The lowest BCUT2D eigenvalue weighted by Crippen LogP contribution is -2.63. The van der Waals surface area contributed by atoms with E-state index in [2.05, 4.69) is 13.8 Å². The second kappa shape index (κ2) is 3.13. The van der Waals surface area contributed by atoms with E-state index in [-0.39, 0.29) is 11.3 Å². The Hall–Kier alpha value is -0.120. The number of fused-ring (bicyclic) bond motifs is 1. The SMILES string of the molecule is C[C@H]1C[C@@H](O)[C@]23CC(CC[C@]12O)C(C)(C)[C@]3(C)O. The molecule has 3 fully saturated rings. The fourth-order valence-corrected chi connectivity index (χ4v) is 5.66. The fourth-order valence-electron chi connectivity index (χ4n) is 5.66. The van der Waals surface area contributed by atoms with Gasteiger partial charge in [0.1, 0.15) is 0 Å². The molecule has 18 heavy (non-hydrogen) atoms. The van der Waals surface area contributed by atoms with Crippen molar-refractivity contribution in [3.63, 3.8) is 0 Å². The topological polar surface area (TPSA) is 60.7 Å².